The molecule has 0 radical (unpaired) electrons. The summed E-state index contributed by atoms with van der Waals surface area (Å²) in [4.78, 5) is 10.6. The first kappa shape index (κ1) is 12.5. The molecule has 8 heteroatoms. The van der Waals surface area contributed by atoms with Gasteiger partial charge < -0.3 is 5.11 Å². The van der Waals surface area contributed by atoms with E-state index in [2.05, 4.69) is 10.3 Å². The fourth-order valence-electron chi connectivity index (χ4n) is 1.18. The van der Waals surface area contributed by atoms with Gasteiger partial charge in [0.15, 0.2) is 5.69 Å². The zero-order chi connectivity index (χ0) is 12.5. The number of nitrogens with zero attached hydrogens (tertiary/aromatic N) is 3. The van der Waals surface area contributed by atoms with Gasteiger partial charge in [-0.3, -0.25) is 0 Å². The molecular formula is C8H10F3N3O2. The third-order valence-corrected chi connectivity index (χ3v) is 2.17. The Morgan fingerprint density at radius 3 is 2.50 bits per heavy atom. The summed E-state index contributed by atoms with van der Waals surface area (Å²) in [5.41, 5.74) is -2.37. The van der Waals surface area contributed by atoms with Gasteiger partial charge in [-0.25, -0.2) is 9.48 Å². The Hall–Kier alpha value is -1.60. The standard InChI is InChI=1S/C8H10F3N3O2/c1-3-4(2)14-6(8(9,10)11)5(7(15)16)12-13-14/h4H,3H2,1-2H3,(H,15,16). The molecule has 1 rings (SSSR count). The largest absolute Gasteiger partial charge is 0.476 e. The van der Waals surface area contributed by atoms with Gasteiger partial charge in [0, 0.05) is 0 Å². The minimum atomic E-state index is -4.78. The molecule has 0 saturated carbocycles. The highest BCUT2D eigenvalue weighted by molar-refractivity contribution is 5.86. The van der Waals surface area contributed by atoms with E-state index >= 15 is 0 Å². The maximum atomic E-state index is 12.6. The predicted octanol–water partition coefficient (Wildman–Crippen LogP) is 1.97. The van der Waals surface area contributed by atoms with Crippen LogP contribution in [0.4, 0.5) is 13.2 Å². The number of alkyl halides is 3. The Balaban J connectivity index is 3.37. The topological polar surface area (TPSA) is 68.0 Å². The van der Waals surface area contributed by atoms with Crippen LogP contribution in [0.15, 0.2) is 0 Å². The second kappa shape index (κ2) is 4.11. The van der Waals surface area contributed by atoms with E-state index in [9.17, 15) is 18.0 Å². The monoisotopic (exact) mass is 237 g/mol. The van der Waals surface area contributed by atoms with Crippen molar-refractivity contribution in [2.24, 2.45) is 0 Å². The summed E-state index contributed by atoms with van der Waals surface area (Å²) in [7, 11) is 0. The lowest BCUT2D eigenvalue weighted by Gasteiger charge is -2.14. The average Bonchev–Trinajstić information content (AvgIpc) is 2.59. The van der Waals surface area contributed by atoms with Gasteiger partial charge in [0.2, 0.25) is 5.69 Å². The van der Waals surface area contributed by atoms with Crippen LogP contribution in [-0.4, -0.2) is 26.1 Å². The van der Waals surface area contributed by atoms with Gasteiger partial charge in [0.05, 0.1) is 6.04 Å². The number of carboxylic acids is 1. The van der Waals surface area contributed by atoms with E-state index in [1.807, 2.05) is 0 Å². The quantitative estimate of drug-likeness (QED) is 0.872. The second-order valence-electron chi connectivity index (χ2n) is 3.29. The normalized spacial score (nSPS) is 13.8. The van der Waals surface area contributed by atoms with Crippen molar-refractivity contribution in [3.8, 4) is 0 Å². The lowest BCUT2D eigenvalue weighted by atomic mass is 10.2. The summed E-state index contributed by atoms with van der Waals surface area (Å²) < 4.78 is 38.5. The zero-order valence-corrected chi connectivity index (χ0v) is 8.62. The van der Waals surface area contributed by atoms with Crippen LogP contribution in [-0.2, 0) is 6.18 Å². The van der Waals surface area contributed by atoms with Crippen LogP contribution in [0.2, 0.25) is 0 Å². The first-order valence-corrected chi connectivity index (χ1v) is 4.54. The number of aromatic carboxylic acids is 1. The summed E-state index contributed by atoms with van der Waals surface area (Å²) in [6.45, 7) is 3.18. The highest BCUT2D eigenvalue weighted by atomic mass is 19.4. The molecular weight excluding hydrogens is 227 g/mol. The summed E-state index contributed by atoms with van der Waals surface area (Å²) in [5.74, 6) is -1.73. The smallest absolute Gasteiger partial charge is 0.435 e. The molecule has 1 heterocycles. The van der Waals surface area contributed by atoms with Crippen molar-refractivity contribution in [3.63, 3.8) is 0 Å². The fraction of sp³-hybridized carbons (Fsp3) is 0.625. The molecule has 1 aromatic heterocycles. The summed E-state index contributed by atoms with van der Waals surface area (Å²) in [6.07, 6.45) is -4.38. The van der Waals surface area contributed by atoms with Crippen molar-refractivity contribution < 1.29 is 23.1 Å². The lowest BCUT2D eigenvalue weighted by molar-refractivity contribution is -0.145. The van der Waals surface area contributed by atoms with Crippen LogP contribution >= 0.6 is 0 Å². The Labute approximate surface area is 88.9 Å². The Morgan fingerprint density at radius 2 is 2.12 bits per heavy atom. The number of aromatic nitrogens is 3. The first-order valence-electron chi connectivity index (χ1n) is 4.54. The van der Waals surface area contributed by atoms with Crippen molar-refractivity contribution in [2.75, 3.05) is 0 Å². The summed E-state index contributed by atoms with van der Waals surface area (Å²) in [6, 6.07) is -0.558. The Bertz CT molecular complexity index is 400. The van der Waals surface area contributed by atoms with Crippen LogP contribution in [0, 0.1) is 0 Å². The average molecular weight is 237 g/mol. The number of hydrogen-bond acceptors (Lipinski definition) is 3. The predicted molar refractivity (Wildman–Crippen MR) is 47.0 cm³/mol. The molecule has 5 nitrogen and oxygen atoms in total. The van der Waals surface area contributed by atoms with Gasteiger partial charge in [-0.05, 0) is 13.3 Å². The third kappa shape index (κ3) is 2.15. The molecule has 0 bridgehead atoms. The minimum absolute atomic E-state index is 0.394. The molecule has 0 aliphatic rings. The summed E-state index contributed by atoms with van der Waals surface area (Å²) >= 11 is 0. The van der Waals surface area contributed by atoms with E-state index in [4.69, 9.17) is 5.11 Å². The number of carboxylic acid groups (broad SMARTS) is 1. The van der Waals surface area contributed by atoms with Crippen molar-refractivity contribution in [1.29, 1.82) is 0 Å². The Morgan fingerprint density at radius 1 is 1.56 bits per heavy atom. The SMILES string of the molecule is CCC(C)n1nnc(C(=O)O)c1C(F)(F)F. The maximum Gasteiger partial charge on any atom is 0.435 e. The molecule has 0 saturated heterocycles. The van der Waals surface area contributed by atoms with Crippen LogP contribution in [0.3, 0.4) is 0 Å². The highest BCUT2D eigenvalue weighted by Gasteiger charge is 2.42. The number of halogens is 3. The van der Waals surface area contributed by atoms with E-state index in [0.717, 1.165) is 0 Å². The van der Waals surface area contributed by atoms with Crippen molar-refractivity contribution in [3.05, 3.63) is 11.4 Å². The molecule has 90 valence electrons. The van der Waals surface area contributed by atoms with Crippen molar-refractivity contribution in [1.82, 2.24) is 15.0 Å². The first-order chi connectivity index (χ1) is 7.29. The van der Waals surface area contributed by atoms with E-state index in [0.29, 0.717) is 11.1 Å². The van der Waals surface area contributed by atoms with Gasteiger partial charge in [-0.2, -0.15) is 13.2 Å². The molecule has 16 heavy (non-hydrogen) atoms. The van der Waals surface area contributed by atoms with Crippen LogP contribution in [0.1, 0.15) is 42.5 Å². The highest BCUT2D eigenvalue weighted by Crippen LogP contribution is 2.33. The molecule has 0 aliphatic heterocycles. The van der Waals surface area contributed by atoms with E-state index in [-0.39, 0.29) is 0 Å². The number of carbonyl (C=O) groups is 1. The maximum absolute atomic E-state index is 12.6. The van der Waals surface area contributed by atoms with E-state index in [1.54, 1.807) is 6.92 Å². The van der Waals surface area contributed by atoms with Gasteiger partial charge >= 0.3 is 12.1 Å². The summed E-state index contributed by atoms with van der Waals surface area (Å²) in [5, 5.41) is 14.9. The van der Waals surface area contributed by atoms with E-state index in [1.165, 1.54) is 6.92 Å². The molecule has 1 atom stereocenters. The molecule has 0 aliphatic carbocycles. The van der Waals surface area contributed by atoms with Gasteiger partial charge in [0.25, 0.3) is 0 Å². The Kier molecular flexibility index (Phi) is 3.20. The number of hydrogen-bond donors (Lipinski definition) is 1. The molecule has 1 aromatic rings. The number of rotatable bonds is 3. The zero-order valence-electron chi connectivity index (χ0n) is 8.62. The fourth-order valence-corrected chi connectivity index (χ4v) is 1.18. The lowest BCUT2D eigenvalue weighted by Crippen LogP contribution is -2.20. The van der Waals surface area contributed by atoms with Crippen molar-refractivity contribution in [2.45, 2.75) is 32.5 Å². The van der Waals surface area contributed by atoms with Gasteiger partial charge in [-0.1, -0.05) is 12.1 Å². The van der Waals surface area contributed by atoms with Crippen LogP contribution < -0.4 is 0 Å². The van der Waals surface area contributed by atoms with Gasteiger partial charge in [0.1, 0.15) is 0 Å². The molecule has 1 N–H and O–H groups in total. The van der Waals surface area contributed by atoms with Crippen molar-refractivity contribution >= 4 is 5.97 Å². The third-order valence-electron chi connectivity index (χ3n) is 2.17. The molecule has 0 fully saturated rings. The van der Waals surface area contributed by atoms with Gasteiger partial charge in [-0.15, -0.1) is 5.10 Å². The van der Waals surface area contributed by atoms with Crippen LogP contribution in [0.5, 0.6) is 0 Å². The minimum Gasteiger partial charge on any atom is -0.476 e. The molecule has 0 spiro atoms. The second-order valence-corrected chi connectivity index (χ2v) is 3.29. The molecule has 0 aromatic carbocycles. The van der Waals surface area contributed by atoms with Crippen LogP contribution in [0.25, 0.3) is 0 Å². The van der Waals surface area contributed by atoms with E-state index < -0.39 is 29.6 Å². The molecule has 1 unspecified atom stereocenters. The molecule has 0 amide bonds.